The van der Waals surface area contributed by atoms with Gasteiger partial charge in [-0.3, -0.25) is 0 Å². The number of rotatable bonds is 8. The van der Waals surface area contributed by atoms with E-state index in [9.17, 15) is 4.79 Å². The van der Waals surface area contributed by atoms with Crippen LogP contribution in [0.25, 0.3) is 22.5 Å². The molecule has 5 nitrogen and oxygen atoms in total. The first-order valence-corrected chi connectivity index (χ1v) is 10.2. The van der Waals surface area contributed by atoms with Crippen LogP contribution in [0.3, 0.4) is 0 Å². The first-order chi connectivity index (χ1) is 15.2. The SMILES string of the molecule is COC(=O)COc1cccc(CCc2nc(-c3ccccc3)c(-c3ccccc3)[nH]2)c1. The molecule has 0 unspecified atom stereocenters. The molecule has 0 aliphatic carbocycles. The third-order valence-corrected chi connectivity index (χ3v) is 5.00. The predicted octanol–water partition coefficient (Wildman–Crippen LogP) is 5.08. The minimum Gasteiger partial charge on any atom is -0.482 e. The van der Waals surface area contributed by atoms with Gasteiger partial charge in [-0.25, -0.2) is 9.78 Å². The topological polar surface area (TPSA) is 64.2 Å². The van der Waals surface area contributed by atoms with Gasteiger partial charge in [-0.05, 0) is 24.1 Å². The zero-order chi connectivity index (χ0) is 21.5. The van der Waals surface area contributed by atoms with E-state index in [2.05, 4.69) is 34.0 Å². The summed E-state index contributed by atoms with van der Waals surface area (Å²) in [5.41, 5.74) is 5.29. The van der Waals surface area contributed by atoms with Gasteiger partial charge in [-0.2, -0.15) is 0 Å². The highest BCUT2D eigenvalue weighted by Crippen LogP contribution is 2.30. The molecule has 0 aliphatic heterocycles. The molecule has 1 aromatic heterocycles. The highest BCUT2D eigenvalue weighted by Gasteiger charge is 2.14. The van der Waals surface area contributed by atoms with Gasteiger partial charge in [0.05, 0.1) is 18.5 Å². The van der Waals surface area contributed by atoms with E-state index in [1.54, 1.807) is 0 Å². The van der Waals surface area contributed by atoms with Crippen molar-refractivity contribution in [3.63, 3.8) is 0 Å². The number of ether oxygens (including phenoxy) is 2. The Balaban J connectivity index is 1.53. The number of carbonyl (C=O) groups is 1. The molecule has 4 rings (SSSR count). The van der Waals surface area contributed by atoms with Gasteiger partial charge < -0.3 is 14.5 Å². The van der Waals surface area contributed by atoms with E-state index in [-0.39, 0.29) is 6.61 Å². The minimum atomic E-state index is -0.400. The molecule has 0 spiro atoms. The highest BCUT2D eigenvalue weighted by molar-refractivity contribution is 5.78. The monoisotopic (exact) mass is 412 g/mol. The summed E-state index contributed by atoms with van der Waals surface area (Å²) in [5, 5.41) is 0. The van der Waals surface area contributed by atoms with E-state index >= 15 is 0 Å². The predicted molar refractivity (Wildman–Crippen MR) is 121 cm³/mol. The zero-order valence-corrected chi connectivity index (χ0v) is 17.4. The van der Waals surface area contributed by atoms with Gasteiger partial charge in [0.2, 0.25) is 0 Å². The van der Waals surface area contributed by atoms with Gasteiger partial charge in [-0.1, -0.05) is 72.8 Å². The lowest BCUT2D eigenvalue weighted by atomic mass is 10.1. The molecule has 0 fully saturated rings. The number of hydrogen-bond donors (Lipinski definition) is 1. The third kappa shape index (κ3) is 5.20. The van der Waals surface area contributed by atoms with Crippen LogP contribution in [-0.2, 0) is 22.4 Å². The Bertz CT molecular complexity index is 1080. The van der Waals surface area contributed by atoms with Gasteiger partial charge in [-0.15, -0.1) is 0 Å². The number of imidazole rings is 1. The molecule has 1 N–H and O–H groups in total. The first-order valence-electron chi connectivity index (χ1n) is 10.2. The molecule has 4 aromatic rings. The average molecular weight is 412 g/mol. The largest absolute Gasteiger partial charge is 0.482 e. The van der Waals surface area contributed by atoms with Crippen molar-refractivity contribution in [3.05, 3.63) is 96.3 Å². The van der Waals surface area contributed by atoms with Crippen LogP contribution < -0.4 is 4.74 Å². The molecule has 0 amide bonds. The fourth-order valence-electron chi connectivity index (χ4n) is 3.41. The summed E-state index contributed by atoms with van der Waals surface area (Å²) in [6.45, 7) is -0.0982. The van der Waals surface area contributed by atoms with Crippen molar-refractivity contribution in [2.24, 2.45) is 0 Å². The van der Waals surface area contributed by atoms with Crippen LogP contribution in [-0.4, -0.2) is 29.7 Å². The number of esters is 1. The van der Waals surface area contributed by atoms with E-state index in [1.165, 1.54) is 7.11 Å². The second-order valence-electron chi connectivity index (χ2n) is 7.15. The molecule has 0 aliphatic rings. The van der Waals surface area contributed by atoms with Crippen LogP contribution in [0.4, 0.5) is 0 Å². The Labute approximate surface area is 181 Å². The normalized spacial score (nSPS) is 10.6. The highest BCUT2D eigenvalue weighted by atomic mass is 16.6. The molecular weight excluding hydrogens is 388 g/mol. The van der Waals surface area contributed by atoms with Crippen molar-refractivity contribution in [1.29, 1.82) is 0 Å². The van der Waals surface area contributed by atoms with E-state index in [1.807, 2.05) is 60.7 Å². The van der Waals surface area contributed by atoms with Crippen LogP contribution >= 0.6 is 0 Å². The van der Waals surface area contributed by atoms with Crippen LogP contribution in [0, 0.1) is 0 Å². The summed E-state index contributed by atoms with van der Waals surface area (Å²) in [7, 11) is 1.35. The molecule has 1 heterocycles. The van der Waals surface area contributed by atoms with Crippen molar-refractivity contribution < 1.29 is 14.3 Å². The Morgan fingerprint density at radius 1 is 0.871 bits per heavy atom. The van der Waals surface area contributed by atoms with Gasteiger partial charge in [0.25, 0.3) is 0 Å². The van der Waals surface area contributed by atoms with E-state index in [4.69, 9.17) is 9.72 Å². The van der Waals surface area contributed by atoms with Gasteiger partial charge in [0, 0.05) is 17.5 Å². The van der Waals surface area contributed by atoms with Crippen LogP contribution in [0.2, 0.25) is 0 Å². The lowest BCUT2D eigenvalue weighted by Crippen LogP contribution is -2.12. The second-order valence-corrected chi connectivity index (χ2v) is 7.15. The van der Waals surface area contributed by atoms with Crippen molar-refractivity contribution in [2.75, 3.05) is 13.7 Å². The molecule has 0 bridgehead atoms. The van der Waals surface area contributed by atoms with Crippen molar-refractivity contribution in [1.82, 2.24) is 9.97 Å². The quantitative estimate of drug-likeness (QED) is 0.410. The number of nitrogens with one attached hydrogen (secondary N) is 1. The molecule has 156 valence electrons. The lowest BCUT2D eigenvalue weighted by molar-refractivity contribution is -0.142. The Morgan fingerprint density at radius 3 is 2.29 bits per heavy atom. The maximum absolute atomic E-state index is 11.3. The Kier molecular flexibility index (Phi) is 6.43. The lowest BCUT2D eigenvalue weighted by Gasteiger charge is -2.06. The number of nitrogens with zero attached hydrogens (tertiary/aromatic N) is 1. The Morgan fingerprint density at radius 2 is 1.58 bits per heavy atom. The number of aromatic amines is 1. The van der Waals surface area contributed by atoms with Crippen LogP contribution in [0.15, 0.2) is 84.9 Å². The number of carbonyl (C=O) groups excluding carboxylic acids is 1. The fourth-order valence-corrected chi connectivity index (χ4v) is 3.41. The van der Waals surface area contributed by atoms with E-state index in [0.29, 0.717) is 5.75 Å². The van der Waals surface area contributed by atoms with Crippen molar-refractivity contribution in [3.8, 4) is 28.3 Å². The number of H-pyrrole nitrogens is 1. The number of aryl methyl sites for hydroxylation is 2. The molecule has 0 saturated heterocycles. The molecule has 3 aromatic carbocycles. The molecular formula is C26H24N2O3. The molecule has 0 radical (unpaired) electrons. The summed E-state index contributed by atoms with van der Waals surface area (Å²) in [6.07, 6.45) is 1.55. The minimum absolute atomic E-state index is 0.0982. The number of methoxy groups -OCH3 is 1. The maximum atomic E-state index is 11.3. The van der Waals surface area contributed by atoms with Crippen molar-refractivity contribution in [2.45, 2.75) is 12.8 Å². The maximum Gasteiger partial charge on any atom is 0.343 e. The summed E-state index contributed by atoms with van der Waals surface area (Å²) in [5.74, 6) is 1.18. The smallest absolute Gasteiger partial charge is 0.343 e. The molecule has 5 heteroatoms. The molecule has 0 atom stereocenters. The van der Waals surface area contributed by atoms with Gasteiger partial charge in [0.15, 0.2) is 6.61 Å². The number of benzene rings is 3. The zero-order valence-electron chi connectivity index (χ0n) is 17.4. The number of hydrogen-bond acceptors (Lipinski definition) is 4. The van der Waals surface area contributed by atoms with Gasteiger partial charge >= 0.3 is 5.97 Å². The average Bonchev–Trinajstić information content (AvgIpc) is 3.27. The summed E-state index contributed by atoms with van der Waals surface area (Å²) in [6, 6.07) is 28.2. The van der Waals surface area contributed by atoms with Crippen LogP contribution in [0.5, 0.6) is 5.75 Å². The van der Waals surface area contributed by atoms with E-state index < -0.39 is 5.97 Å². The summed E-state index contributed by atoms with van der Waals surface area (Å²) in [4.78, 5) is 19.7. The first kappa shape index (κ1) is 20.4. The van der Waals surface area contributed by atoms with Crippen molar-refractivity contribution >= 4 is 5.97 Å². The van der Waals surface area contributed by atoms with E-state index in [0.717, 1.165) is 46.7 Å². The second kappa shape index (κ2) is 9.76. The fraction of sp³-hybridized carbons (Fsp3) is 0.154. The summed E-state index contributed by atoms with van der Waals surface area (Å²) < 4.78 is 10.1. The summed E-state index contributed by atoms with van der Waals surface area (Å²) >= 11 is 0. The van der Waals surface area contributed by atoms with Gasteiger partial charge in [0.1, 0.15) is 11.6 Å². The molecule has 0 saturated carbocycles. The number of aromatic nitrogens is 2. The van der Waals surface area contributed by atoms with Crippen LogP contribution in [0.1, 0.15) is 11.4 Å². The standard InChI is InChI=1S/C26H24N2O3/c1-30-24(29)18-31-22-14-8-9-19(17-22)15-16-23-27-25(20-10-4-2-5-11-20)26(28-23)21-12-6-3-7-13-21/h2-14,17H,15-16,18H2,1H3,(H,27,28). The third-order valence-electron chi connectivity index (χ3n) is 5.00. The Hall–Kier alpha value is -3.86. The molecule has 31 heavy (non-hydrogen) atoms.